The van der Waals surface area contributed by atoms with Crippen molar-refractivity contribution < 1.29 is 19.1 Å². The Morgan fingerprint density at radius 3 is 2.95 bits per heavy atom. The van der Waals surface area contributed by atoms with Crippen molar-refractivity contribution in [2.45, 2.75) is 32.0 Å². The average Bonchev–Trinajstić information content (AvgIpc) is 3.75. The van der Waals surface area contributed by atoms with E-state index in [1.165, 1.54) is 17.7 Å². The van der Waals surface area contributed by atoms with Crippen LogP contribution in [0.3, 0.4) is 0 Å². The van der Waals surface area contributed by atoms with Gasteiger partial charge in [-0.2, -0.15) is 5.26 Å². The zero-order valence-electron chi connectivity index (χ0n) is 21.1. The molecule has 3 aromatic heterocycles. The number of nitrogens with zero attached hydrogens (tertiary/aromatic N) is 5. The largest absolute Gasteiger partial charge is 0.443 e. The average molecular weight is 546 g/mol. The van der Waals surface area contributed by atoms with E-state index >= 15 is 0 Å². The number of amides is 2. The van der Waals surface area contributed by atoms with Gasteiger partial charge in [0.2, 0.25) is 5.95 Å². The number of carbonyl (C=O) groups is 2. The number of hydrogen-bond acceptors (Lipinski definition) is 9. The lowest BCUT2D eigenvalue weighted by molar-refractivity contribution is -0.127. The molecule has 3 N–H and O–H groups in total. The number of oxazole rings is 1. The van der Waals surface area contributed by atoms with E-state index in [2.05, 4.69) is 22.2 Å². The second-order valence-electron chi connectivity index (χ2n) is 9.14. The predicted octanol–water partition coefficient (Wildman–Crippen LogP) is 3.16. The van der Waals surface area contributed by atoms with Gasteiger partial charge in [0.25, 0.3) is 11.8 Å². The fraction of sp³-hybridized carbons (Fsp3) is 0.296. The lowest BCUT2D eigenvalue weighted by atomic mass is 10.1. The summed E-state index contributed by atoms with van der Waals surface area (Å²) < 4.78 is 7.25. The fourth-order valence-corrected chi connectivity index (χ4v) is 5.55. The molecule has 1 fully saturated rings. The highest BCUT2D eigenvalue weighted by molar-refractivity contribution is 7.17. The third kappa shape index (κ3) is 5.61. The number of thiophene rings is 1. The number of hydrogen-bond donors (Lipinski definition) is 3. The van der Waals surface area contributed by atoms with Gasteiger partial charge < -0.3 is 24.3 Å². The van der Waals surface area contributed by atoms with Gasteiger partial charge in [0.15, 0.2) is 12.2 Å². The van der Waals surface area contributed by atoms with Crippen molar-refractivity contribution in [3.05, 3.63) is 65.5 Å². The first-order valence-electron chi connectivity index (χ1n) is 12.5. The first kappa shape index (κ1) is 26.3. The highest BCUT2D eigenvalue weighted by Crippen LogP contribution is 2.30. The van der Waals surface area contributed by atoms with E-state index in [1.54, 1.807) is 23.2 Å². The normalized spacial score (nSPS) is 15.0. The molecule has 0 unspecified atom stereocenters. The molecule has 12 heteroatoms. The number of anilines is 1. The number of benzene rings is 1. The molecule has 0 spiro atoms. The maximum atomic E-state index is 13.3. The van der Waals surface area contributed by atoms with Gasteiger partial charge in [0.05, 0.1) is 39.6 Å². The van der Waals surface area contributed by atoms with E-state index in [0.29, 0.717) is 48.3 Å². The molecule has 0 saturated carbocycles. The monoisotopic (exact) mass is 545 g/mol. The molecule has 1 aliphatic heterocycles. The summed E-state index contributed by atoms with van der Waals surface area (Å²) in [6.45, 7) is 5.61. The van der Waals surface area contributed by atoms with Gasteiger partial charge >= 0.3 is 0 Å². The van der Waals surface area contributed by atoms with Crippen LogP contribution in [0.5, 0.6) is 0 Å². The van der Waals surface area contributed by atoms with E-state index in [4.69, 9.17) is 14.5 Å². The molecular weight excluding hydrogens is 518 g/mol. The van der Waals surface area contributed by atoms with Gasteiger partial charge in [0.1, 0.15) is 11.6 Å². The number of aliphatic hydroxyl groups excluding tert-OH is 1. The number of fused-ring (bicyclic) bond motifs is 1. The van der Waals surface area contributed by atoms with E-state index in [9.17, 15) is 14.9 Å². The van der Waals surface area contributed by atoms with Crippen LogP contribution in [-0.2, 0) is 17.9 Å². The van der Waals surface area contributed by atoms with Gasteiger partial charge in [-0.1, -0.05) is 12.6 Å². The molecule has 0 bridgehead atoms. The molecule has 39 heavy (non-hydrogen) atoms. The van der Waals surface area contributed by atoms with E-state index in [0.717, 1.165) is 28.8 Å². The summed E-state index contributed by atoms with van der Waals surface area (Å²) in [5.74, 6) is 0.261. The topological polar surface area (TPSA) is 149 Å². The predicted molar refractivity (Wildman–Crippen MR) is 146 cm³/mol. The number of nitrogens with one attached hydrogen (secondary N) is 2. The Labute approximate surface area is 228 Å². The van der Waals surface area contributed by atoms with Crippen LogP contribution in [0, 0.1) is 11.3 Å². The molecule has 0 aliphatic carbocycles. The molecule has 5 rings (SSSR count). The van der Waals surface area contributed by atoms with Crippen molar-refractivity contribution in [3.8, 4) is 16.7 Å². The summed E-state index contributed by atoms with van der Waals surface area (Å²) in [7, 11) is 0. The van der Waals surface area contributed by atoms with Crippen molar-refractivity contribution in [1.82, 2.24) is 24.8 Å². The third-order valence-electron chi connectivity index (χ3n) is 6.59. The highest BCUT2D eigenvalue weighted by atomic mass is 32.1. The number of carbonyl (C=O) groups excluding carboxylic acids is 2. The zero-order chi connectivity index (χ0) is 27.4. The van der Waals surface area contributed by atoms with Crippen LogP contribution >= 0.6 is 11.3 Å². The number of nitriles is 1. The standard InChI is InChI=1S/C27H27N7O4S/c1-17(12-28)26(37)33-9-2-3-19(33)15-34-21-5-4-18(13-29-8-10-35)11-20(21)31-27(34)32-25(36)24-7-6-23(39-24)22-14-30-16-38-22/h4-7,11,14,16,19,29,35H,1-3,8-10,13,15H2,(H,31,32,36)/t19-/m1/s1. The molecule has 11 nitrogen and oxygen atoms in total. The molecule has 200 valence electrons. The Bertz CT molecular complexity index is 1550. The minimum Gasteiger partial charge on any atom is -0.443 e. The second kappa shape index (κ2) is 11.6. The summed E-state index contributed by atoms with van der Waals surface area (Å²) in [4.78, 5) is 37.6. The minimum atomic E-state index is -0.370. The van der Waals surface area contributed by atoms with Crippen LogP contribution in [0.1, 0.15) is 28.1 Å². The molecule has 1 saturated heterocycles. The van der Waals surface area contributed by atoms with Crippen LogP contribution < -0.4 is 10.6 Å². The molecule has 1 atom stereocenters. The quantitative estimate of drug-likeness (QED) is 0.156. The number of imidazole rings is 1. The van der Waals surface area contributed by atoms with Crippen LogP contribution in [-0.4, -0.2) is 62.1 Å². The van der Waals surface area contributed by atoms with E-state index < -0.39 is 0 Å². The van der Waals surface area contributed by atoms with Gasteiger partial charge in [-0.25, -0.2) is 9.97 Å². The first-order chi connectivity index (χ1) is 19.0. The maximum Gasteiger partial charge on any atom is 0.268 e. The van der Waals surface area contributed by atoms with Crippen LogP contribution in [0.4, 0.5) is 5.95 Å². The fourth-order valence-electron chi connectivity index (χ4n) is 4.70. The summed E-state index contributed by atoms with van der Waals surface area (Å²) in [5.41, 5.74) is 2.39. The number of aliphatic hydroxyl groups is 1. The number of aromatic nitrogens is 3. The van der Waals surface area contributed by atoms with Gasteiger partial charge in [-0.3, -0.25) is 14.9 Å². The summed E-state index contributed by atoms with van der Waals surface area (Å²) in [5, 5.41) is 24.3. The Hall–Kier alpha value is -4.31. The smallest absolute Gasteiger partial charge is 0.268 e. The van der Waals surface area contributed by atoms with Crippen molar-refractivity contribution in [2.24, 2.45) is 0 Å². The highest BCUT2D eigenvalue weighted by Gasteiger charge is 2.31. The second-order valence-corrected chi connectivity index (χ2v) is 10.2. The zero-order valence-corrected chi connectivity index (χ0v) is 21.9. The molecule has 0 radical (unpaired) electrons. The first-order valence-corrected chi connectivity index (χ1v) is 13.3. The molecule has 2 amide bonds. The van der Waals surface area contributed by atoms with Crippen LogP contribution in [0.15, 0.2) is 59.5 Å². The number of likely N-dealkylation sites (tertiary alicyclic amines) is 1. The Kier molecular flexibility index (Phi) is 7.83. The van der Waals surface area contributed by atoms with Gasteiger partial charge in [-0.05, 0) is 42.7 Å². The molecule has 1 aromatic carbocycles. The molecule has 4 aromatic rings. The molecule has 4 heterocycles. The van der Waals surface area contributed by atoms with Crippen molar-refractivity contribution in [2.75, 3.05) is 25.0 Å². The molecule has 1 aliphatic rings. The Morgan fingerprint density at radius 2 is 2.18 bits per heavy atom. The van der Waals surface area contributed by atoms with Crippen LogP contribution in [0.25, 0.3) is 21.7 Å². The van der Waals surface area contributed by atoms with Gasteiger partial charge in [0, 0.05) is 26.2 Å². The van der Waals surface area contributed by atoms with Crippen molar-refractivity contribution in [3.63, 3.8) is 0 Å². The Balaban J connectivity index is 1.45. The lowest BCUT2D eigenvalue weighted by Gasteiger charge is -2.25. The Morgan fingerprint density at radius 1 is 1.31 bits per heavy atom. The van der Waals surface area contributed by atoms with E-state index in [-0.39, 0.29) is 30.0 Å². The SMILES string of the molecule is C=C(C#N)C(=O)N1CCC[C@@H]1Cn1c(NC(=O)c2ccc(-c3cnco3)s2)nc2cc(CNCCO)ccc21. The van der Waals surface area contributed by atoms with Crippen molar-refractivity contribution in [1.29, 1.82) is 5.26 Å². The van der Waals surface area contributed by atoms with Crippen molar-refractivity contribution >= 4 is 40.1 Å². The van der Waals surface area contributed by atoms with Gasteiger partial charge in [-0.15, -0.1) is 11.3 Å². The maximum absolute atomic E-state index is 13.3. The van der Waals surface area contributed by atoms with E-state index in [1.807, 2.05) is 28.8 Å². The third-order valence-corrected chi connectivity index (χ3v) is 7.68. The lowest BCUT2D eigenvalue weighted by Crippen LogP contribution is -2.38. The minimum absolute atomic E-state index is 0.0444. The number of rotatable bonds is 10. The summed E-state index contributed by atoms with van der Waals surface area (Å²) in [6, 6.07) is 11.0. The molecular formula is C27H27N7O4S. The van der Waals surface area contributed by atoms with Crippen LogP contribution in [0.2, 0.25) is 0 Å². The summed E-state index contributed by atoms with van der Waals surface area (Å²) >= 11 is 1.28. The summed E-state index contributed by atoms with van der Waals surface area (Å²) in [6.07, 6.45) is 4.50.